The van der Waals surface area contributed by atoms with Crippen LogP contribution in [-0.4, -0.2) is 8.42 Å². The molecule has 3 nitrogen and oxygen atoms in total. The van der Waals surface area contributed by atoms with Crippen molar-refractivity contribution in [1.82, 2.24) is 0 Å². The van der Waals surface area contributed by atoms with E-state index in [0.717, 1.165) is 18.1 Å². The zero-order valence-electron chi connectivity index (χ0n) is 11.7. The second-order valence-electron chi connectivity index (χ2n) is 4.68. The van der Waals surface area contributed by atoms with Gasteiger partial charge in [0.25, 0.3) is 10.0 Å². The maximum atomic E-state index is 13.3. The first-order valence-electron chi connectivity index (χ1n) is 6.41. The van der Waals surface area contributed by atoms with E-state index in [9.17, 15) is 12.8 Å². The SMILES string of the molecule is CCc1ccc(S(=O)(=O)Nc2cc(C)c(F)cc2Cl)cc1. The lowest BCUT2D eigenvalue weighted by Gasteiger charge is -2.11. The topological polar surface area (TPSA) is 46.2 Å². The van der Waals surface area contributed by atoms with E-state index in [2.05, 4.69) is 4.72 Å². The van der Waals surface area contributed by atoms with Crippen molar-refractivity contribution in [2.75, 3.05) is 4.72 Å². The lowest BCUT2D eigenvalue weighted by atomic mass is 10.2. The summed E-state index contributed by atoms with van der Waals surface area (Å²) in [5, 5.41) is 0.0202. The molecule has 112 valence electrons. The summed E-state index contributed by atoms with van der Waals surface area (Å²) in [6, 6.07) is 9.04. The number of rotatable bonds is 4. The van der Waals surface area contributed by atoms with Crippen molar-refractivity contribution in [3.63, 3.8) is 0 Å². The van der Waals surface area contributed by atoms with Crippen molar-refractivity contribution in [3.8, 4) is 0 Å². The quantitative estimate of drug-likeness (QED) is 0.917. The van der Waals surface area contributed by atoms with Crippen LogP contribution in [0.1, 0.15) is 18.1 Å². The van der Waals surface area contributed by atoms with Crippen molar-refractivity contribution >= 4 is 27.3 Å². The van der Waals surface area contributed by atoms with Gasteiger partial charge in [-0.3, -0.25) is 4.72 Å². The van der Waals surface area contributed by atoms with Gasteiger partial charge >= 0.3 is 0 Å². The molecule has 0 aliphatic rings. The minimum absolute atomic E-state index is 0.0202. The van der Waals surface area contributed by atoms with Crippen LogP contribution in [0, 0.1) is 12.7 Å². The van der Waals surface area contributed by atoms with Crippen molar-refractivity contribution in [1.29, 1.82) is 0 Å². The van der Waals surface area contributed by atoms with Crippen LogP contribution in [0.4, 0.5) is 10.1 Å². The fourth-order valence-corrected chi connectivity index (χ4v) is 3.17. The molecule has 0 radical (unpaired) electrons. The van der Waals surface area contributed by atoms with E-state index in [4.69, 9.17) is 11.6 Å². The van der Waals surface area contributed by atoms with E-state index in [1.807, 2.05) is 6.92 Å². The molecule has 0 fully saturated rings. The first-order valence-corrected chi connectivity index (χ1v) is 8.27. The molecule has 6 heteroatoms. The molecule has 0 bridgehead atoms. The van der Waals surface area contributed by atoms with Gasteiger partial charge in [-0.15, -0.1) is 0 Å². The van der Waals surface area contributed by atoms with Crippen LogP contribution in [0.5, 0.6) is 0 Å². The summed E-state index contributed by atoms with van der Waals surface area (Å²) in [6.45, 7) is 3.53. The molecule has 0 unspecified atom stereocenters. The van der Waals surface area contributed by atoms with E-state index in [1.165, 1.54) is 18.2 Å². The predicted molar refractivity (Wildman–Crippen MR) is 82.8 cm³/mol. The third-order valence-electron chi connectivity index (χ3n) is 3.13. The fourth-order valence-electron chi connectivity index (χ4n) is 1.84. The molecule has 0 aliphatic carbocycles. The molecule has 0 saturated heterocycles. The highest BCUT2D eigenvalue weighted by Crippen LogP contribution is 2.27. The Bertz CT molecular complexity index is 758. The molecule has 0 atom stereocenters. The van der Waals surface area contributed by atoms with Gasteiger partial charge in [-0.1, -0.05) is 30.7 Å². The number of sulfonamides is 1. The summed E-state index contributed by atoms with van der Waals surface area (Å²) in [5.41, 5.74) is 1.53. The van der Waals surface area contributed by atoms with E-state index in [1.54, 1.807) is 19.1 Å². The Hall–Kier alpha value is -1.59. The van der Waals surface area contributed by atoms with Gasteiger partial charge in [0.1, 0.15) is 5.82 Å². The molecule has 0 spiro atoms. The molecule has 0 amide bonds. The molecular formula is C15H15ClFNO2S. The highest BCUT2D eigenvalue weighted by Gasteiger charge is 2.16. The lowest BCUT2D eigenvalue weighted by molar-refractivity contribution is 0.600. The van der Waals surface area contributed by atoms with E-state index in [0.29, 0.717) is 5.56 Å². The average molecular weight is 328 g/mol. The maximum Gasteiger partial charge on any atom is 0.261 e. The summed E-state index contributed by atoms with van der Waals surface area (Å²) in [7, 11) is -3.75. The van der Waals surface area contributed by atoms with Crippen LogP contribution >= 0.6 is 11.6 Å². The standard InChI is InChI=1S/C15H15ClFNO2S/c1-3-11-4-6-12(7-5-11)21(19,20)18-15-8-10(2)14(17)9-13(15)16/h4-9,18H,3H2,1-2H3. The Morgan fingerprint density at radius 2 is 1.81 bits per heavy atom. The van der Waals surface area contributed by atoms with E-state index in [-0.39, 0.29) is 15.6 Å². The third-order valence-corrected chi connectivity index (χ3v) is 4.83. The number of anilines is 1. The minimum Gasteiger partial charge on any atom is -0.278 e. The van der Waals surface area contributed by atoms with Gasteiger partial charge in [0, 0.05) is 0 Å². The van der Waals surface area contributed by atoms with E-state index < -0.39 is 15.8 Å². The van der Waals surface area contributed by atoms with Crippen LogP contribution in [0.3, 0.4) is 0 Å². The molecule has 0 aromatic heterocycles. The normalized spacial score (nSPS) is 11.4. The smallest absolute Gasteiger partial charge is 0.261 e. The van der Waals surface area contributed by atoms with Gasteiger partial charge in [0.05, 0.1) is 15.6 Å². The van der Waals surface area contributed by atoms with Crippen LogP contribution in [0.15, 0.2) is 41.3 Å². The van der Waals surface area contributed by atoms with E-state index >= 15 is 0 Å². The highest BCUT2D eigenvalue weighted by atomic mass is 35.5. The van der Waals surface area contributed by atoms with Gasteiger partial charge < -0.3 is 0 Å². The number of hydrogen-bond donors (Lipinski definition) is 1. The van der Waals surface area contributed by atoms with Crippen molar-refractivity contribution < 1.29 is 12.8 Å². The third kappa shape index (κ3) is 3.54. The second-order valence-corrected chi connectivity index (χ2v) is 6.77. The first kappa shape index (κ1) is 15.8. The zero-order valence-corrected chi connectivity index (χ0v) is 13.2. The summed E-state index contributed by atoms with van der Waals surface area (Å²) in [5.74, 6) is -0.477. The second kappa shape index (κ2) is 6.03. The number of benzene rings is 2. The predicted octanol–water partition coefficient (Wildman–Crippen LogP) is 4.15. The van der Waals surface area contributed by atoms with Crippen molar-refractivity contribution in [3.05, 3.63) is 58.4 Å². The molecule has 2 aromatic carbocycles. The Balaban J connectivity index is 2.34. The van der Waals surface area contributed by atoms with Crippen LogP contribution in [0.25, 0.3) is 0 Å². The van der Waals surface area contributed by atoms with Gasteiger partial charge in [-0.2, -0.15) is 0 Å². The largest absolute Gasteiger partial charge is 0.278 e. The van der Waals surface area contributed by atoms with Gasteiger partial charge in [-0.25, -0.2) is 12.8 Å². The Morgan fingerprint density at radius 1 is 1.19 bits per heavy atom. The molecule has 21 heavy (non-hydrogen) atoms. The summed E-state index contributed by atoms with van der Waals surface area (Å²) in [4.78, 5) is 0.137. The maximum absolute atomic E-state index is 13.3. The lowest BCUT2D eigenvalue weighted by Crippen LogP contribution is -2.13. The van der Waals surface area contributed by atoms with Crippen LogP contribution in [-0.2, 0) is 16.4 Å². The molecular weight excluding hydrogens is 313 g/mol. The van der Waals surface area contributed by atoms with Gasteiger partial charge in [-0.05, 0) is 48.7 Å². The number of nitrogens with one attached hydrogen (secondary N) is 1. The number of halogens is 2. The van der Waals surface area contributed by atoms with Crippen LogP contribution < -0.4 is 4.72 Å². The van der Waals surface area contributed by atoms with Crippen molar-refractivity contribution in [2.45, 2.75) is 25.2 Å². The molecule has 2 aromatic rings. The Morgan fingerprint density at radius 3 is 2.38 bits per heavy atom. The first-order chi connectivity index (χ1) is 9.83. The number of aryl methyl sites for hydroxylation is 2. The number of hydrogen-bond acceptors (Lipinski definition) is 2. The minimum atomic E-state index is -3.75. The molecule has 2 rings (SSSR count). The molecule has 0 heterocycles. The highest BCUT2D eigenvalue weighted by molar-refractivity contribution is 7.92. The van der Waals surface area contributed by atoms with Crippen LogP contribution in [0.2, 0.25) is 5.02 Å². The van der Waals surface area contributed by atoms with Gasteiger partial charge in [0.15, 0.2) is 0 Å². The summed E-state index contributed by atoms with van der Waals surface area (Å²) >= 11 is 5.88. The van der Waals surface area contributed by atoms with Crippen molar-refractivity contribution in [2.24, 2.45) is 0 Å². The molecule has 1 N–H and O–H groups in total. The molecule has 0 aliphatic heterocycles. The zero-order chi connectivity index (χ0) is 15.6. The average Bonchev–Trinajstić information content (AvgIpc) is 2.44. The summed E-state index contributed by atoms with van der Waals surface area (Å²) in [6.07, 6.45) is 0.830. The Labute approximate surface area is 128 Å². The molecule has 0 saturated carbocycles. The summed E-state index contributed by atoms with van der Waals surface area (Å²) < 4.78 is 40.3. The monoisotopic (exact) mass is 327 g/mol. The Kier molecular flexibility index (Phi) is 4.54. The van der Waals surface area contributed by atoms with Gasteiger partial charge in [0.2, 0.25) is 0 Å². The fraction of sp³-hybridized carbons (Fsp3) is 0.200.